The maximum Gasteiger partial charge on any atom is 0.337 e. The molecule has 2 rings (SSSR count). The highest BCUT2D eigenvalue weighted by Gasteiger charge is 2.02. The molecule has 0 atom stereocenters. The van der Waals surface area contributed by atoms with Gasteiger partial charge in [-0.15, -0.1) is 0 Å². The first kappa shape index (κ1) is 12.9. The quantitative estimate of drug-likeness (QED) is 0.741. The van der Waals surface area contributed by atoms with E-state index in [-0.39, 0.29) is 5.82 Å². The van der Waals surface area contributed by atoms with Crippen molar-refractivity contribution < 1.29 is 9.18 Å². The zero-order chi connectivity index (χ0) is 13.7. The Balaban J connectivity index is 1.88. The highest BCUT2D eigenvalue weighted by molar-refractivity contribution is 5.90. The van der Waals surface area contributed by atoms with Crippen LogP contribution < -0.4 is 16.2 Å². The molecule has 5 heteroatoms. The van der Waals surface area contributed by atoms with Crippen LogP contribution in [0.5, 0.6) is 0 Å². The molecule has 98 valence electrons. The van der Waals surface area contributed by atoms with Crippen LogP contribution in [0.4, 0.5) is 20.6 Å². The van der Waals surface area contributed by atoms with E-state index in [4.69, 9.17) is 0 Å². The molecule has 0 aliphatic carbocycles. The Morgan fingerprint density at radius 3 is 2.42 bits per heavy atom. The summed E-state index contributed by atoms with van der Waals surface area (Å²) in [7, 11) is 0. The fourth-order valence-corrected chi connectivity index (χ4v) is 1.53. The number of carbonyl (C=O) groups excluding carboxylic acids is 1. The van der Waals surface area contributed by atoms with Crippen LogP contribution in [0, 0.1) is 12.7 Å². The molecule has 2 amide bonds. The van der Waals surface area contributed by atoms with Gasteiger partial charge in [-0.2, -0.15) is 0 Å². The van der Waals surface area contributed by atoms with E-state index in [1.165, 1.54) is 24.3 Å². The average Bonchev–Trinajstić information content (AvgIpc) is 2.41. The molecule has 0 aromatic heterocycles. The van der Waals surface area contributed by atoms with E-state index in [1.54, 1.807) is 0 Å². The molecule has 3 N–H and O–H groups in total. The van der Waals surface area contributed by atoms with E-state index in [9.17, 15) is 9.18 Å². The second kappa shape index (κ2) is 5.86. The third kappa shape index (κ3) is 3.70. The Morgan fingerprint density at radius 2 is 1.74 bits per heavy atom. The van der Waals surface area contributed by atoms with Gasteiger partial charge in [0.25, 0.3) is 0 Å². The largest absolute Gasteiger partial charge is 0.337 e. The number of benzene rings is 2. The zero-order valence-corrected chi connectivity index (χ0v) is 10.4. The fourth-order valence-electron chi connectivity index (χ4n) is 1.53. The van der Waals surface area contributed by atoms with Gasteiger partial charge in [-0.1, -0.05) is 18.2 Å². The molecule has 0 aliphatic heterocycles. The Morgan fingerprint density at radius 1 is 1.05 bits per heavy atom. The Hall–Kier alpha value is -2.56. The molecule has 0 bridgehead atoms. The van der Waals surface area contributed by atoms with E-state index < -0.39 is 6.03 Å². The minimum Gasteiger partial charge on any atom is -0.306 e. The molecule has 4 nitrogen and oxygen atoms in total. The molecule has 0 aliphatic rings. The number of rotatable bonds is 3. The Kier molecular flexibility index (Phi) is 3.97. The third-order valence-electron chi connectivity index (χ3n) is 2.56. The highest BCUT2D eigenvalue weighted by atomic mass is 19.1. The number of hydrogen-bond donors (Lipinski definition) is 3. The van der Waals surface area contributed by atoms with E-state index in [2.05, 4.69) is 16.2 Å². The van der Waals surface area contributed by atoms with Gasteiger partial charge in [0.05, 0.1) is 5.69 Å². The zero-order valence-electron chi connectivity index (χ0n) is 10.4. The number of anilines is 2. The predicted molar refractivity (Wildman–Crippen MR) is 73.4 cm³/mol. The standard InChI is InChI=1S/C14H14FN3O/c1-10-4-2-3-5-13(10)16-14(19)18-17-12-8-6-11(15)7-9-12/h2-9,17H,1H3,(H2,16,18,19). The number of halogens is 1. The molecular weight excluding hydrogens is 245 g/mol. The Bertz CT molecular complexity index is 569. The first-order valence-corrected chi connectivity index (χ1v) is 5.79. The molecule has 0 saturated carbocycles. The first-order valence-electron chi connectivity index (χ1n) is 5.79. The lowest BCUT2D eigenvalue weighted by atomic mass is 10.2. The smallest absolute Gasteiger partial charge is 0.306 e. The van der Waals surface area contributed by atoms with Gasteiger partial charge in [0.2, 0.25) is 0 Å². The van der Waals surface area contributed by atoms with Crippen LogP contribution in [0.25, 0.3) is 0 Å². The molecule has 2 aromatic carbocycles. The molecule has 19 heavy (non-hydrogen) atoms. The summed E-state index contributed by atoms with van der Waals surface area (Å²) in [6, 6.07) is 12.7. The van der Waals surface area contributed by atoms with Gasteiger partial charge >= 0.3 is 6.03 Å². The fraction of sp³-hybridized carbons (Fsp3) is 0.0714. The van der Waals surface area contributed by atoms with Crippen molar-refractivity contribution in [3.63, 3.8) is 0 Å². The molecule has 0 spiro atoms. The van der Waals surface area contributed by atoms with Crippen LogP contribution in [0.15, 0.2) is 48.5 Å². The van der Waals surface area contributed by atoms with E-state index in [0.717, 1.165) is 11.3 Å². The van der Waals surface area contributed by atoms with Crippen molar-refractivity contribution in [2.75, 3.05) is 10.7 Å². The van der Waals surface area contributed by atoms with Crippen molar-refractivity contribution in [1.29, 1.82) is 0 Å². The molecule has 0 saturated heterocycles. The van der Waals surface area contributed by atoms with E-state index >= 15 is 0 Å². The van der Waals surface area contributed by atoms with Crippen LogP contribution in [-0.4, -0.2) is 6.03 Å². The second-order valence-corrected chi connectivity index (χ2v) is 4.03. The SMILES string of the molecule is Cc1ccccc1NC(=O)NNc1ccc(F)cc1. The molecule has 0 radical (unpaired) electrons. The summed E-state index contributed by atoms with van der Waals surface area (Å²) in [5.41, 5.74) is 7.46. The predicted octanol–water partition coefficient (Wildman–Crippen LogP) is 3.28. The normalized spacial score (nSPS) is 9.79. The van der Waals surface area contributed by atoms with E-state index in [0.29, 0.717) is 5.69 Å². The summed E-state index contributed by atoms with van der Waals surface area (Å²) in [5, 5.41) is 2.71. The van der Waals surface area contributed by atoms with Gasteiger partial charge in [0.1, 0.15) is 5.82 Å². The lowest BCUT2D eigenvalue weighted by Gasteiger charge is -2.11. The van der Waals surface area contributed by atoms with Crippen molar-refractivity contribution in [1.82, 2.24) is 5.43 Å². The van der Waals surface area contributed by atoms with Crippen molar-refractivity contribution >= 4 is 17.4 Å². The molecule has 0 unspecified atom stereocenters. The van der Waals surface area contributed by atoms with Crippen molar-refractivity contribution in [3.05, 3.63) is 59.9 Å². The lowest BCUT2D eigenvalue weighted by molar-refractivity contribution is 0.254. The van der Waals surface area contributed by atoms with Crippen molar-refractivity contribution in [2.45, 2.75) is 6.92 Å². The number of amides is 2. The summed E-state index contributed by atoms with van der Waals surface area (Å²) in [6.45, 7) is 1.91. The number of aryl methyl sites for hydroxylation is 1. The summed E-state index contributed by atoms with van der Waals surface area (Å²) in [4.78, 5) is 11.6. The van der Waals surface area contributed by atoms with Crippen molar-refractivity contribution in [3.8, 4) is 0 Å². The summed E-state index contributed by atoms with van der Waals surface area (Å²) < 4.78 is 12.7. The van der Waals surface area contributed by atoms with Gasteiger partial charge in [-0.25, -0.2) is 9.18 Å². The highest BCUT2D eigenvalue weighted by Crippen LogP contribution is 2.12. The molecular formula is C14H14FN3O. The molecule has 0 fully saturated rings. The minimum atomic E-state index is -0.390. The average molecular weight is 259 g/mol. The van der Waals surface area contributed by atoms with Crippen molar-refractivity contribution in [2.24, 2.45) is 0 Å². The van der Waals surface area contributed by atoms with Gasteiger partial charge < -0.3 is 5.32 Å². The van der Waals surface area contributed by atoms with Crippen LogP contribution in [0.1, 0.15) is 5.56 Å². The Labute approximate surface area is 110 Å². The minimum absolute atomic E-state index is 0.324. The topological polar surface area (TPSA) is 53.2 Å². The first-order chi connectivity index (χ1) is 9.15. The lowest BCUT2D eigenvalue weighted by Crippen LogP contribution is -2.33. The van der Waals surface area contributed by atoms with Gasteiger partial charge in [-0.3, -0.25) is 10.9 Å². The van der Waals surface area contributed by atoms with Gasteiger partial charge in [0.15, 0.2) is 0 Å². The van der Waals surface area contributed by atoms with Crippen LogP contribution in [0.2, 0.25) is 0 Å². The third-order valence-corrected chi connectivity index (χ3v) is 2.56. The second-order valence-electron chi connectivity index (χ2n) is 4.03. The number of carbonyl (C=O) groups is 1. The number of para-hydroxylation sites is 1. The summed E-state index contributed by atoms with van der Waals surface area (Å²) in [6.07, 6.45) is 0. The summed E-state index contributed by atoms with van der Waals surface area (Å²) in [5.74, 6) is -0.324. The van der Waals surface area contributed by atoms with Crippen LogP contribution >= 0.6 is 0 Å². The van der Waals surface area contributed by atoms with Crippen LogP contribution in [0.3, 0.4) is 0 Å². The number of urea groups is 1. The van der Waals surface area contributed by atoms with Crippen LogP contribution in [-0.2, 0) is 0 Å². The summed E-state index contributed by atoms with van der Waals surface area (Å²) >= 11 is 0. The maximum absolute atomic E-state index is 12.7. The molecule has 0 heterocycles. The number of hydrogen-bond acceptors (Lipinski definition) is 2. The number of nitrogens with one attached hydrogen (secondary N) is 3. The monoisotopic (exact) mass is 259 g/mol. The van der Waals surface area contributed by atoms with E-state index in [1.807, 2.05) is 31.2 Å². The number of hydrazine groups is 1. The maximum atomic E-state index is 12.7. The van der Waals surface area contributed by atoms with Gasteiger partial charge in [0, 0.05) is 5.69 Å². The molecule has 2 aromatic rings. The van der Waals surface area contributed by atoms with Gasteiger partial charge in [-0.05, 0) is 42.8 Å².